The van der Waals surface area contributed by atoms with Crippen LogP contribution in [0.4, 0.5) is 0 Å². The third kappa shape index (κ3) is 4.86. The van der Waals surface area contributed by atoms with E-state index in [4.69, 9.17) is 0 Å². The molecule has 2 aromatic rings. The van der Waals surface area contributed by atoms with Crippen molar-refractivity contribution in [2.45, 2.75) is 25.8 Å². The molecule has 7 heteroatoms. The number of hydrogen-bond donors (Lipinski definition) is 1. The summed E-state index contributed by atoms with van der Waals surface area (Å²) < 4.78 is 27.6. The van der Waals surface area contributed by atoms with Gasteiger partial charge in [0, 0.05) is 27.2 Å². The van der Waals surface area contributed by atoms with Crippen LogP contribution in [0.5, 0.6) is 0 Å². The minimum atomic E-state index is -3.52. The highest BCUT2D eigenvalue weighted by Crippen LogP contribution is 2.27. The lowest BCUT2D eigenvalue weighted by atomic mass is 9.93. The molecule has 1 amide bonds. The van der Waals surface area contributed by atoms with Gasteiger partial charge in [-0.25, -0.2) is 0 Å². The fourth-order valence-corrected chi connectivity index (χ4v) is 4.94. The van der Waals surface area contributed by atoms with Crippen LogP contribution in [0.1, 0.15) is 35.6 Å². The summed E-state index contributed by atoms with van der Waals surface area (Å²) in [6.45, 7) is 2.69. The molecule has 156 valence electrons. The van der Waals surface area contributed by atoms with Gasteiger partial charge in [0.15, 0.2) is 0 Å². The number of amides is 1. The SMILES string of the molecule is Cc1ccccc1[C@@H](NC(=O)[C@@H]1CCCN(S(=O)(=O)N(C)C)C1)c1ccccc1. The van der Waals surface area contributed by atoms with E-state index in [1.807, 2.05) is 61.5 Å². The maximum absolute atomic E-state index is 13.2. The smallest absolute Gasteiger partial charge is 0.281 e. The van der Waals surface area contributed by atoms with Crippen molar-refractivity contribution < 1.29 is 13.2 Å². The molecule has 2 atom stereocenters. The summed E-state index contributed by atoms with van der Waals surface area (Å²) in [6, 6.07) is 17.6. The quantitative estimate of drug-likeness (QED) is 0.789. The summed E-state index contributed by atoms with van der Waals surface area (Å²) in [6.07, 6.45) is 1.35. The van der Waals surface area contributed by atoms with Crippen LogP contribution in [0, 0.1) is 12.8 Å². The summed E-state index contributed by atoms with van der Waals surface area (Å²) in [5.41, 5.74) is 3.14. The second-order valence-electron chi connectivity index (χ2n) is 7.70. The Morgan fingerprint density at radius 3 is 2.41 bits per heavy atom. The van der Waals surface area contributed by atoms with Crippen molar-refractivity contribution in [2.24, 2.45) is 5.92 Å². The normalized spacial score (nSPS) is 19.1. The molecule has 1 aliphatic heterocycles. The number of aryl methyl sites for hydroxylation is 1. The Labute approximate surface area is 173 Å². The Kier molecular flexibility index (Phi) is 6.72. The van der Waals surface area contributed by atoms with Crippen molar-refractivity contribution in [2.75, 3.05) is 27.2 Å². The second kappa shape index (κ2) is 9.07. The summed E-state index contributed by atoms with van der Waals surface area (Å²) in [4.78, 5) is 13.2. The average molecular weight is 416 g/mol. The molecule has 2 aromatic carbocycles. The van der Waals surface area contributed by atoms with Crippen LogP contribution in [0.2, 0.25) is 0 Å². The lowest BCUT2D eigenvalue weighted by molar-refractivity contribution is -0.126. The fourth-order valence-electron chi connectivity index (χ4n) is 3.75. The van der Waals surface area contributed by atoms with Crippen LogP contribution < -0.4 is 5.32 Å². The van der Waals surface area contributed by atoms with Crippen molar-refractivity contribution in [3.8, 4) is 0 Å². The van der Waals surface area contributed by atoms with Gasteiger partial charge < -0.3 is 5.32 Å². The van der Waals surface area contributed by atoms with Crippen LogP contribution in [0.3, 0.4) is 0 Å². The second-order valence-corrected chi connectivity index (χ2v) is 9.84. The number of nitrogens with one attached hydrogen (secondary N) is 1. The Morgan fingerprint density at radius 1 is 1.10 bits per heavy atom. The molecule has 0 saturated carbocycles. The molecule has 0 aliphatic carbocycles. The maximum Gasteiger partial charge on any atom is 0.281 e. The molecule has 0 spiro atoms. The molecule has 0 aromatic heterocycles. The molecule has 0 unspecified atom stereocenters. The van der Waals surface area contributed by atoms with E-state index in [0.717, 1.165) is 16.7 Å². The largest absolute Gasteiger partial charge is 0.345 e. The van der Waals surface area contributed by atoms with Gasteiger partial charge in [0.25, 0.3) is 10.2 Å². The van der Waals surface area contributed by atoms with Gasteiger partial charge in [0.1, 0.15) is 0 Å². The zero-order chi connectivity index (χ0) is 21.0. The molecule has 0 radical (unpaired) electrons. The van der Waals surface area contributed by atoms with Gasteiger partial charge in [-0.15, -0.1) is 0 Å². The van der Waals surface area contributed by atoms with Crippen molar-refractivity contribution in [1.29, 1.82) is 0 Å². The molecular weight excluding hydrogens is 386 g/mol. The first-order chi connectivity index (χ1) is 13.8. The van der Waals surface area contributed by atoms with Crippen molar-refractivity contribution in [3.63, 3.8) is 0 Å². The molecule has 1 N–H and O–H groups in total. The molecule has 1 fully saturated rings. The van der Waals surface area contributed by atoms with Gasteiger partial charge in [0.2, 0.25) is 5.91 Å². The van der Waals surface area contributed by atoms with Crippen molar-refractivity contribution in [1.82, 2.24) is 13.9 Å². The standard InChI is InChI=1S/C22H29N3O3S/c1-17-10-7-8-14-20(17)21(18-11-5-4-6-12-18)23-22(26)19-13-9-15-25(16-19)29(27,28)24(2)3/h4-8,10-12,14,19,21H,9,13,15-16H2,1-3H3,(H,23,26)/t19-,21+/m1/s1. The Bertz CT molecular complexity index is 945. The Hall–Kier alpha value is -2.22. The zero-order valence-corrected chi connectivity index (χ0v) is 18.0. The molecule has 29 heavy (non-hydrogen) atoms. The fraction of sp³-hybridized carbons (Fsp3) is 0.409. The van der Waals surface area contributed by atoms with Gasteiger partial charge in [-0.3, -0.25) is 4.79 Å². The minimum absolute atomic E-state index is 0.110. The van der Waals surface area contributed by atoms with Crippen LogP contribution in [0.25, 0.3) is 0 Å². The molecular formula is C22H29N3O3S. The number of piperidine rings is 1. The van der Waals surface area contributed by atoms with Crippen LogP contribution in [-0.4, -0.2) is 50.1 Å². The number of nitrogens with zero attached hydrogens (tertiary/aromatic N) is 2. The van der Waals surface area contributed by atoms with Crippen molar-refractivity contribution >= 4 is 16.1 Å². The number of rotatable bonds is 6. The summed E-state index contributed by atoms with van der Waals surface area (Å²) in [7, 11) is -0.486. The number of carbonyl (C=O) groups excluding carboxylic acids is 1. The molecule has 0 bridgehead atoms. The van der Waals surface area contributed by atoms with Crippen LogP contribution >= 0.6 is 0 Å². The molecule has 6 nitrogen and oxygen atoms in total. The summed E-state index contributed by atoms with van der Waals surface area (Å²) in [5, 5.41) is 3.19. The van der Waals surface area contributed by atoms with Gasteiger partial charge in [-0.05, 0) is 36.5 Å². The van der Waals surface area contributed by atoms with Crippen molar-refractivity contribution in [3.05, 3.63) is 71.3 Å². The third-order valence-electron chi connectivity index (χ3n) is 5.46. The van der Waals surface area contributed by atoms with Gasteiger partial charge in [0.05, 0.1) is 12.0 Å². The highest BCUT2D eigenvalue weighted by atomic mass is 32.2. The number of hydrogen-bond acceptors (Lipinski definition) is 3. The first-order valence-electron chi connectivity index (χ1n) is 9.89. The Morgan fingerprint density at radius 2 is 1.76 bits per heavy atom. The zero-order valence-electron chi connectivity index (χ0n) is 17.2. The highest BCUT2D eigenvalue weighted by molar-refractivity contribution is 7.86. The first-order valence-corrected chi connectivity index (χ1v) is 11.3. The predicted molar refractivity (Wildman–Crippen MR) is 115 cm³/mol. The van der Waals surface area contributed by atoms with E-state index in [9.17, 15) is 13.2 Å². The topological polar surface area (TPSA) is 69.7 Å². The van der Waals surface area contributed by atoms with Crippen LogP contribution in [0.15, 0.2) is 54.6 Å². The number of carbonyl (C=O) groups is 1. The van der Waals surface area contributed by atoms with Gasteiger partial charge in [-0.1, -0.05) is 54.6 Å². The molecule has 1 saturated heterocycles. The Balaban J connectivity index is 1.83. The van der Waals surface area contributed by atoms with Gasteiger partial charge >= 0.3 is 0 Å². The van der Waals surface area contributed by atoms with E-state index in [2.05, 4.69) is 5.32 Å². The number of benzene rings is 2. The van der Waals surface area contributed by atoms with E-state index < -0.39 is 10.2 Å². The average Bonchev–Trinajstić information content (AvgIpc) is 2.73. The highest BCUT2D eigenvalue weighted by Gasteiger charge is 2.34. The first kappa shape index (κ1) is 21.5. The van der Waals surface area contributed by atoms with E-state index >= 15 is 0 Å². The molecule has 3 rings (SSSR count). The maximum atomic E-state index is 13.2. The lowest BCUT2D eigenvalue weighted by Crippen LogP contribution is -2.49. The van der Waals surface area contributed by atoms with E-state index in [1.54, 1.807) is 0 Å². The minimum Gasteiger partial charge on any atom is -0.345 e. The molecule has 1 heterocycles. The van der Waals surface area contributed by atoms with E-state index in [0.29, 0.717) is 19.4 Å². The predicted octanol–water partition coefficient (Wildman–Crippen LogP) is 2.72. The van der Waals surface area contributed by atoms with Crippen LogP contribution in [-0.2, 0) is 15.0 Å². The monoisotopic (exact) mass is 415 g/mol. The van der Waals surface area contributed by atoms with E-state index in [-0.39, 0.29) is 24.4 Å². The van der Waals surface area contributed by atoms with E-state index in [1.165, 1.54) is 22.7 Å². The lowest BCUT2D eigenvalue weighted by Gasteiger charge is -2.33. The summed E-state index contributed by atoms with van der Waals surface area (Å²) >= 11 is 0. The molecule has 1 aliphatic rings. The third-order valence-corrected chi connectivity index (χ3v) is 7.37. The summed E-state index contributed by atoms with van der Waals surface area (Å²) in [5.74, 6) is -0.477. The van der Waals surface area contributed by atoms with Gasteiger partial charge in [-0.2, -0.15) is 17.0 Å².